The lowest BCUT2D eigenvalue weighted by atomic mass is 10.6. The molecule has 2 unspecified atom stereocenters. The van der Waals surface area contributed by atoms with Gasteiger partial charge in [0, 0.05) is 0 Å². The molecule has 64 valence electrons. The van der Waals surface area contributed by atoms with Crippen molar-refractivity contribution in [3.63, 3.8) is 0 Å². The minimum absolute atomic E-state index is 0.100. The lowest BCUT2D eigenvalue weighted by molar-refractivity contribution is 0.403. The third-order valence-corrected chi connectivity index (χ3v) is 6.58. The van der Waals surface area contributed by atoms with Gasteiger partial charge in [-0.2, -0.15) is 0 Å². The highest BCUT2D eigenvalue weighted by atomic mass is 33.5. The van der Waals surface area contributed by atoms with E-state index < -0.39 is 0 Å². The van der Waals surface area contributed by atoms with Crippen molar-refractivity contribution in [1.29, 1.82) is 0 Å². The first-order valence-corrected chi connectivity index (χ1v) is 6.92. The van der Waals surface area contributed by atoms with Crippen LogP contribution in [0.2, 0.25) is 0 Å². The molecule has 0 N–H and O–H groups in total. The molecule has 0 amide bonds. The van der Waals surface area contributed by atoms with Crippen molar-refractivity contribution in [2.45, 2.75) is 23.7 Å². The van der Waals surface area contributed by atoms with Gasteiger partial charge in [0.1, 0.15) is 9.87 Å². The number of hydrogen-bond acceptors (Lipinski definition) is 5. The summed E-state index contributed by atoms with van der Waals surface area (Å²) in [5.74, 6) is 0. The van der Waals surface area contributed by atoms with Crippen LogP contribution in [0.1, 0.15) is 13.8 Å². The van der Waals surface area contributed by atoms with E-state index in [0.717, 1.165) is 13.2 Å². The predicted molar refractivity (Wildman–Crippen MR) is 51.5 cm³/mol. The lowest BCUT2D eigenvalue weighted by Gasteiger charge is -2.04. The SMILES string of the molecule is CC1(SSSC2(C)CO2)CO1. The van der Waals surface area contributed by atoms with Gasteiger partial charge in [0.05, 0.1) is 13.2 Å². The monoisotopic (exact) mass is 210 g/mol. The quantitative estimate of drug-likeness (QED) is 0.524. The Morgan fingerprint density at radius 2 is 1.36 bits per heavy atom. The Kier molecular flexibility index (Phi) is 2.13. The summed E-state index contributed by atoms with van der Waals surface area (Å²) in [6.45, 7) is 6.01. The first-order chi connectivity index (χ1) is 5.12. The van der Waals surface area contributed by atoms with Gasteiger partial charge >= 0.3 is 0 Å². The van der Waals surface area contributed by atoms with Crippen molar-refractivity contribution in [1.82, 2.24) is 0 Å². The van der Waals surface area contributed by atoms with Gasteiger partial charge in [-0.05, 0) is 45.3 Å². The van der Waals surface area contributed by atoms with Crippen LogP contribution in [-0.4, -0.2) is 23.1 Å². The minimum Gasteiger partial charge on any atom is -0.357 e. The molecule has 0 radical (unpaired) electrons. The molecule has 2 rings (SSSR count). The molecular weight excluding hydrogens is 200 g/mol. The van der Waals surface area contributed by atoms with E-state index in [4.69, 9.17) is 9.47 Å². The maximum Gasteiger partial charge on any atom is 0.145 e. The molecule has 5 heteroatoms. The zero-order valence-electron chi connectivity index (χ0n) is 6.46. The number of epoxide rings is 2. The molecule has 2 saturated heterocycles. The van der Waals surface area contributed by atoms with Crippen LogP contribution in [-0.2, 0) is 9.47 Å². The fraction of sp³-hybridized carbons (Fsp3) is 1.00. The fourth-order valence-corrected chi connectivity index (χ4v) is 5.53. The predicted octanol–water partition coefficient (Wildman–Crippen LogP) is 2.51. The van der Waals surface area contributed by atoms with Gasteiger partial charge in [0.15, 0.2) is 0 Å². The summed E-state index contributed by atoms with van der Waals surface area (Å²) in [4.78, 5) is 0.200. The van der Waals surface area contributed by atoms with Crippen LogP contribution in [0.3, 0.4) is 0 Å². The Hall–Kier alpha value is 0.970. The second kappa shape index (κ2) is 2.73. The van der Waals surface area contributed by atoms with Crippen LogP contribution in [0, 0.1) is 0 Å². The molecule has 2 atom stereocenters. The summed E-state index contributed by atoms with van der Waals surface area (Å²) in [7, 11) is 5.35. The Balaban J connectivity index is 1.60. The van der Waals surface area contributed by atoms with Gasteiger partial charge in [-0.3, -0.25) is 0 Å². The maximum atomic E-state index is 5.22. The van der Waals surface area contributed by atoms with E-state index in [0.29, 0.717) is 0 Å². The van der Waals surface area contributed by atoms with Crippen molar-refractivity contribution in [3.05, 3.63) is 0 Å². The zero-order valence-corrected chi connectivity index (χ0v) is 8.90. The smallest absolute Gasteiger partial charge is 0.145 e. The summed E-state index contributed by atoms with van der Waals surface area (Å²) in [6.07, 6.45) is 0. The molecule has 11 heavy (non-hydrogen) atoms. The van der Waals surface area contributed by atoms with Crippen LogP contribution in [0.4, 0.5) is 0 Å². The molecule has 0 saturated carbocycles. The molecular formula is C6H10O2S3. The van der Waals surface area contributed by atoms with Gasteiger partial charge in [0.25, 0.3) is 0 Å². The Labute approximate surface area is 77.9 Å². The minimum atomic E-state index is 0.100. The molecule has 0 aromatic carbocycles. The zero-order chi connectivity index (χ0) is 7.95. The van der Waals surface area contributed by atoms with Crippen molar-refractivity contribution in [2.75, 3.05) is 13.2 Å². The second-order valence-corrected chi connectivity index (χ2v) is 7.91. The highest BCUT2D eigenvalue weighted by molar-refractivity contribution is 9.09. The van der Waals surface area contributed by atoms with Crippen LogP contribution < -0.4 is 0 Å². The highest BCUT2D eigenvalue weighted by Gasteiger charge is 2.44. The lowest BCUT2D eigenvalue weighted by Crippen LogP contribution is -1.94. The van der Waals surface area contributed by atoms with Gasteiger partial charge < -0.3 is 9.47 Å². The largest absolute Gasteiger partial charge is 0.357 e. The Morgan fingerprint density at radius 1 is 1.00 bits per heavy atom. The van der Waals surface area contributed by atoms with Gasteiger partial charge in [0.2, 0.25) is 0 Å². The molecule has 2 nitrogen and oxygen atoms in total. The Bertz CT molecular complexity index is 147. The summed E-state index contributed by atoms with van der Waals surface area (Å²) in [5, 5.41) is 0. The van der Waals surface area contributed by atoms with E-state index in [1.165, 1.54) is 0 Å². The normalized spacial score (nSPS) is 47.5. The maximum absolute atomic E-state index is 5.22. The summed E-state index contributed by atoms with van der Waals surface area (Å²) >= 11 is 0. The standard InChI is InChI=1S/C6H10O2S3/c1-5(3-7-5)9-11-10-6(2)4-8-6/h3-4H2,1-2H3. The molecule has 0 aromatic heterocycles. The number of ether oxygens (including phenoxy) is 2. The van der Waals surface area contributed by atoms with Crippen molar-refractivity contribution >= 4 is 31.4 Å². The van der Waals surface area contributed by atoms with Crippen LogP contribution in [0.15, 0.2) is 0 Å². The molecule has 0 aliphatic carbocycles. The number of hydrogen-bond donors (Lipinski definition) is 0. The summed E-state index contributed by atoms with van der Waals surface area (Å²) < 4.78 is 10.4. The van der Waals surface area contributed by atoms with Crippen LogP contribution in [0.25, 0.3) is 0 Å². The van der Waals surface area contributed by atoms with E-state index >= 15 is 0 Å². The summed E-state index contributed by atoms with van der Waals surface area (Å²) in [5.41, 5.74) is 0. The van der Waals surface area contributed by atoms with Gasteiger partial charge in [-0.15, -0.1) is 0 Å². The molecule has 2 aliphatic heterocycles. The van der Waals surface area contributed by atoms with E-state index in [1.54, 1.807) is 31.4 Å². The van der Waals surface area contributed by atoms with Gasteiger partial charge in [-0.1, -0.05) is 0 Å². The van der Waals surface area contributed by atoms with Crippen molar-refractivity contribution in [2.24, 2.45) is 0 Å². The fourth-order valence-electron chi connectivity index (χ4n) is 0.460. The molecule has 2 heterocycles. The summed E-state index contributed by atoms with van der Waals surface area (Å²) in [6, 6.07) is 0. The first-order valence-electron chi connectivity index (χ1n) is 3.43. The molecule has 0 bridgehead atoms. The Morgan fingerprint density at radius 3 is 1.64 bits per heavy atom. The topological polar surface area (TPSA) is 25.1 Å². The van der Waals surface area contributed by atoms with E-state index in [9.17, 15) is 0 Å². The van der Waals surface area contributed by atoms with E-state index in [2.05, 4.69) is 13.8 Å². The highest BCUT2D eigenvalue weighted by Crippen LogP contribution is 2.56. The third kappa shape index (κ3) is 2.45. The van der Waals surface area contributed by atoms with E-state index in [1.807, 2.05) is 0 Å². The average molecular weight is 210 g/mol. The average Bonchev–Trinajstić information content (AvgIpc) is 2.78. The molecule has 2 aliphatic rings. The first kappa shape index (κ1) is 8.56. The van der Waals surface area contributed by atoms with Gasteiger partial charge in [-0.25, -0.2) is 0 Å². The van der Waals surface area contributed by atoms with Crippen molar-refractivity contribution < 1.29 is 9.47 Å². The second-order valence-electron chi connectivity index (χ2n) is 3.08. The number of rotatable bonds is 4. The third-order valence-electron chi connectivity index (χ3n) is 1.52. The van der Waals surface area contributed by atoms with Crippen LogP contribution in [0.5, 0.6) is 0 Å². The van der Waals surface area contributed by atoms with Crippen molar-refractivity contribution in [3.8, 4) is 0 Å². The molecule has 0 aromatic rings. The molecule has 2 fully saturated rings. The molecule has 0 spiro atoms. The van der Waals surface area contributed by atoms with Crippen LogP contribution >= 0.6 is 31.4 Å². The van der Waals surface area contributed by atoms with E-state index in [-0.39, 0.29) is 9.87 Å².